The van der Waals surface area contributed by atoms with E-state index < -0.39 is 48.0 Å². The molecule has 322 valence electrons. The van der Waals surface area contributed by atoms with E-state index in [1.807, 2.05) is 6.07 Å². The number of carbonyl (C=O) groups excluding carboxylic acids is 6. The summed E-state index contributed by atoms with van der Waals surface area (Å²) in [6, 6.07) is 9.11. The lowest BCUT2D eigenvalue weighted by atomic mass is 9.89. The Balaban J connectivity index is 0.836. The quantitative estimate of drug-likeness (QED) is 0.267. The first-order chi connectivity index (χ1) is 29.1. The van der Waals surface area contributed by atoms with Crippen LogP contribution in [-0.2, 0) is 14.4 Å². The van der Waals surface area contributed by atoms with Gasteiger partial charge < -0.3 is 30.1 Å². The minimum atomic E-state index is -3.61. The third-order valence-electron chi connectivity index (χ3n) is 12.4. The van der Waals surface area contributed by atoms with Crippen LogP contribution in [0.3, 0.4) is 0 Å². The van der Waals surface area contributed by atoms with Gasteiger partial charge in [-0.05, 0) is 82.3 Å². The van der Waals surface area contributed by atoms with Crippen LogP contribution in [-0.4, -0.2) is 132 Å². The molecule has 6 amide bonds. The monoisotopic (exact) mass is 842 g/mol. The SMILES string of the molecule is COc1cc(C(=O)NC2CCC(N3CCN(c4ccc5c(c4)C(=O)N(C4CCC(=O)NC4=O)C5=O)CC3)CC2)ccc1Nc1ncc2c(n1)N(C(C)C)CC(F)(F)C(=O)N2C. The molecule has 1 atom stereocenters. The summed E-state index contributed by atoms with van der Waals surface area (Å²) in [5, 5.41) is 8.47. The van der Waals surface area contributed by atoms with Crippen LogP contribution in [0.4, 0.5) is 37.6 Å². The van der Waals surface area contributed by atoms with Gasteiger partial charge >= 0.3 is 5.92 Å². The number of rotatable bonds is 9. The van der Waals surface area contributed by atoms with Gasteiger partial charge in [0.05, 0.1) is 36.7 Å². The average Bonchev–Trinajstić information content (AvgIpc) is 3.46. The van der Waals surface area contributed by atoms with Gasteiger partial charge in [0.25, 0.3) is 23.6 Å². The molecule has 8 rings (SSSR count). The molecular weight excluding hydrogens is 795 g/mol. The zero-order valence-electron chi connectivity index (χ0n) is 34.4. The molecule has 2 aromatic carbocycles. The van der Waals surface area contributed by atoms with Gasteiger partial charge in [-0.3, -0.25) is 43.9 Å². The number of piperazine rings is 1. The Morgan fingerprint density at radius 3 is 2.34 bits per heavy atom. The van der Waals surface area contributed by atoms with Gasteiger partial charge in [0.1, 0.15) is 17.5 Å². The Morgan fingerprint density at radius 2 is 1.66 bits per heavy atom. The first-order valence-electron chi connectivity index (χ1n) is 20.5. The van der Waals surface area contributed by atoms with Crippen LogP contribution >= 0.6 is 0 Å². The molecule has 1 saturated carbocycles. The number of hydrogen-bond acceptors (Lipinski definition) is 13. The number of alkyl halides is 2. The second kappa shape index (κ2) is 16.3. The van der Waals surface area contributed by atoms with E-state index in [0.717, 1.165) is 67.3 Å². The second-order valence-corrected chi connectivity index (χ2v) is 16.4. The van der Waals surface area contributed by atoms with Crippen molar-refractivity contribution in [2.75, 3.05) is 66.9 Å². The molecule has 0 radical (unpaired) electrons. The van der Waals surface area contributed by atoms with E-state index in [-0.39, 0.29) is 59.4 Å². The predicted molar refractivity (Wildman–Crippen MR) is 220 cm³/mol. The van der Waals surface area contributed by atoms with Gasteiger partial charge in [-0.15, -0.1) is 0 Å². The molecule has 17 nitrogen and oxygen atoms in total. The molecule has 3 fully saturated rings. The highest BCUT2D eigenvalue weighted by Crippen LogP contribution is 2.38. The number of nitrogens with zero attached hydrogens (tertiary/aromatic N) is 7. The van der Waals surface area contributed by atoms with Crippen molar-refractivity contribution >= 4 is 64.3 Å². The third-order valence-corrected chi connectivity index (χ3v) is 12.4. The minimum Gasteiger partial charge on any atom is -0.495 e. The Bertz CT molecular complexity index is 2290. The molecule has 2 saturated heterocycles. The molecule has 1 aliphatic carbocycles. The molecule has 5 aliphatic rings. The number of imide groups is 2. The standard InChI is InChI=1S/C42H48F2N10O7/c1-23(2)53-22-42(43,44)40(60)50(3)32-21-45-41(49-35(32)53)47-30-12-5-24(19-33(30)61-4)36(56)46-25-6-8-26(9-7-25)51-15-17-52(18-16-51)27-10-11-28-29(20-27)39(59)54(38(28)58)31-13-14-34(55)48-37(31)57/h5,10-12,19-21,23,25-26,31H,6-9,13-18,22H2,1-4H3,(H,46,56)(H,45,47,49)(H,48,55,57). The van der Waals surface area contributed by atoms with Gasteiger partial charge in [-0.25, -0.2) is 4.98 Å². The summed E-state index contributed by atoms with van der Waals surface area (Å²) in [4.78, 5) is 93.2. The Labute approximate surface area is 350 Å². The summed E-state index contributed by atoms with van der Waals surface area (Å²) in [6.07, 6.45) is 4.96. The van der Waals surface area contributed by atoms with Crippen LogP contribution in [0.25, 0.3) is 0 Å². The first kappa shape index (κ1) is 41.5. The summed E-state index contributed by atoms with van der Waals surface area (Å²) in [6.45, 7) is 5.74. The lowest BCUT2D eigenvalue weighted by Gasteiger charge is -2.42. The van der Waals surface area contributed by atoms with Crippen molar-refractivity contribution in [1.82, 2.24) is 30.4 Å². The molecule has 4 aliphatic heterocycles. The van der Waals surface area contributed by atoms with E-state index in [9.17, 15) is 37.5 Å². The van der Waals surface area contributed by atoms with Gasteiger partial charge in [0.15, 0.2) is 5.82 Å². The number of nitrogens with one attached hydrogen (secondary N) is 3. The summed E-state index contributed by atoms with van der Waals surface area (Å²) >= 11 is 0. The molecule has 19 heteroatoms. The lowest BCUT2D eigenvalue weighted by molar-refractivity contribution is -0.140. The van der Waals surface area contributed by atoms with Crippen molar-refractivity contribution in [3.63, 3.8) is 0 Å². The number of halogens is 2. The van der Waals surface area contributed by atoms with Gasteiger partial charge in [-0.2, -0.15) is 13.8 Å². The average molecular weight is 843 g/mol. The maximum Gasteiger partial charge on any atom is 0.342 e. The van der Waals surface area contributed by atoms with Crippen molar-refractivity contribution < 1.29 is 42.3 Å². The maximum atomic E-state index is 14.8. The van der Waals surface area contributed by atoms with Crippen molar-refractivity contribution in [2.24, 2.45) is 0 Å². The number of piperidine rings is 1. The number of anilines is 5. The second-order valence-electron chi connectivity index (χ2n) is 16.4. The predicted octanol–water partition coefficient (Wildman–Crippen LogP) is 3.32. The summed E-state index contributed by atoms with van der Waals surface area (Å²) in [7, 11) is 2.74. The third kappa shape index (κ3) is 7.93. The number of fused-ring (bicyclic) bond motifs is 2. The van der Waals surface area contributed by atoms with Gasteiger partial charge in [-0.1, -0.05) is 0 Å². The number of ether oxygens (including phenoxy) is 1. The highest BCUT2D eigenvalue weighted by molar-refractivity contribution is 6.23. The van der Waals surface area contributed by atoms with Crippen LogP contribution in [0.5, 0.6) is 5.75 Å². The summed E-state index contributed by atoms with van der Waals surface area (Å²) in [5.74, 6) is -6.65. The molecule has 0 spiro atoms. The lowest BCUT2D eigenvalue weighted by Crippen LogP contribution is -2.54. The number of amides is 6. The largest absolute Gasteiger partial charge is 0.495 e. The first-order valence-corrected chi connectivity index (χ1v) is 20.5. The molecule has 3 N–H and O–H groups in total. The highest BCUT2D eigenvalue weighted by atomic mass is 19.3. The number of hydrogen-bond donors (Lipinski definition) is 3. The maximum absolute atomic E-state index is 14.8. The van der Waals surface area contributed by atoms with E-state index in [1.165, 1.54) is 25.3 Å². The van der Waals surface area contributed by atoms with Crippen molar-refractivity contribution in [3.05, 3.63) is 59.3 Å². The smallest absolute Gasteiger partial charge is 0.342 e. The fourth-order valence-corrected chi connectivity index (χ4v) is 8.92. The van der Waals surface area contributed by atoms with Crippen molar-refractivity contribution in [1.29, 1.82) is 0 Å². The van der Waals surface area contributed by atoms with E-state index >= 15 is 0 Å². The number of carbonyl (C=O) groups is 6. The van der Waals surface area contributed by atoms with Crippen molar-refractivity contribution in [2.45, 2.75) is 82.5 Å². The fourth-order valence-electron chi connectivity index (χ4n) is 8.92. The van der Waals surface area contributed by atoms with Crippen LogP contribution in [0.2, 0.25) is 0 Å². The zero-order valence-corrected chi connectivity index (χ0v) is 34.4. The molecule has 61 heavy (non-hydrogen) atoms. The van der Waals surface area contributed by atoms with Crippen LogP contribution < -0.4 is 35.4 Å². The molecule has 0 bridgehead atoms. The van der Waals surface area contributed by atoms with Crippen LogP contribution in [0.15, 0.2) is 42.6 Å². The van der Waals surface area contributed by atoms with E-state index in [1.54, 1.807) is 44.2 Å². The zero-order chi connectivity index (χ0) is 43.3. The molecule has 1 unspecified atom stereocenters. The molecule has 5 heterocycles. The van der Waals surface area contributed by atoms with Crippen LogP contribution in [0, 0.1) is 0 Å². The number of methoxy groups -OCH3 is 1. The summed E-state index contributed by atoms with van der Waals surface area (Å²) < 4.78 is 35.1. The van der Waals surface area contributed by atoms with Crippen molar-refractivity contribution in [3.8, 4) is 5.75 Å². The molecule has 1 aromatic heterocycles. The normalized spacial score (nSPS) is 23.1. The number of benzene rings is 2. The Morgan fingerprint density at radius 1 is 0.934 bits per heavy atom. The highest BCUT2D eigenvalue weighted by Gasteiger charge is 2.48. The van der Waals surface area contributed by atoms with Gasteiger partial charge in [0, 0.05) is 69.0 Å². The topological polar surface area (TPSA) is 190 Å². The molecular formula is C42H48F2N10O7. The van der Waals surface area contributed by atoms with E-state index in [2.05, 4.69) is 35.7 Å². The number of aromatic nitrogens is 2. The van der Waals surface area contributed by atoms with E-state index in [4.69, 9.17) is 4.74 Å². The Kier molecular flexibility index (Phi) is 11.1. The summed E-state index contributed by atoms with van der Waals surface area (Å²) in [5.41, 5.74) is 2.37. The fraction of sp³-hybridized carbons (Fsp3) is 0.476. The minimum absolute atomic E-state index is 0.00509. The molecule has 3 aromatic rings. The Hall–Kier alpha value is -6.24. The van der Waals surface area contributed by atoms with Gasteiger partial charge in [0.2, 0.25) is 17.8 Å². The van der Waals surface area contributed by atoms with E-state index in [0.29, 0.717) is 23.0 Å². The van der Waals surface area contributed by atoms with Crippen LogP contribution in [0.1, 0.15) is 83.4 Å².